The van der Waals surface area contributed by atoms with Crippen LogP contribution in [-0.2, 0) is 6.54 Å². The Morgan fingerprint density at radius 3 is 3.10 bits per heavy atom. The molecule has 0 bridgehead atoms. The lowest BCUT2D eigenvalue weighted by molar-refractivity contribution is 0.317. The summed E-state index contributed by atoms with van der Waals surface area (Å²) in [6.45, 7) is 3.60. The van der Waals surface area contributed by atoms with Crippen molar-refractivity contribution in [3.05, 3.63) is 36.2 Å². The van der Waals surface area contributed by atoms with E-state index < -0.39 is 0 Å². The fourth-order valence-corrected chi connectivity index (χ4v) is 2.00. The topological polar surface area (TPSA) is 47.3 Å². The fraction of sp³-hybridized carbons (Fsp3) is 0.438. The Kier molecular flexibility index (Phi) is 4.02. The van der Waals surface area contributed by atoms with E-state index in [1.165, 1.54) is 12.8 Å². The molecule has 106 valence electrons. The highest BCUT2D eigenvalue weighted by molar-refractivity contribution is 5.56. The van der Waals surface area contributed by atoms with Crippen LogP contribution in [0.25, 0.3) is 11.5 Å². The normalized spacial score (nSPS) is 14.4. The highest BCUT2D eigenvalue weighted by Crippen LogP contribution is 2.24. The van der Waals surface area contributed by atoms with Crippen LogP contribution in [0.1, 0.15) is 31.9 Å². The van der Waals surface area contributed by atoms with Crippen molar-refractivity contribution in [1.82, 2.24) is 10.3 Å². The first-order chi connectivity index (χ1) is 9.85. The van der Waals surface area contributed by atoms with Crippen molar-refractivity contribution in [2.24, 2.45) is 0 Å². The lowest BCUT2D eigenvalue weighted by Crippen LogP contribution is -2.15. The Bertz CT molecular complexity index is 561. The average Bonchev–Trinajstić information content (AvgIpc) is 3.20. The number of benzene rings is 1. The number of oxazole rings is 1. The van der Waals surface area contributed by atoms with Gasteiger partial charge in [0.2, 0.25) is 5.89 Å². The minimum atomic E-state index is 0.652. The van der Waals surface area contributed by atoms with Gasteiger partial charge in [0.05, 0.1) is 12.3 Å². The predicted octanol–water partition coefficient (Wildman–Crippen LogP) is 3.38. The molecule has 4 nitrogen and oxygen atoms in total. The number of hydrogen-bond donors (Lipinski definition) is 1. The van der Waals surface area contributed by atoms with Crippen molar-refractivity contribution in [3.63, 3.8) is 0 Å². The Hall–Kier alpha value is -1.81. The van der Waals surface area contributed by atoms with Crippen LogP contribution in [0.15, 0.2) is 34.9 Å². The molecule has 1 aromatic heterocycles. The van der Waals surface area contributed by atoms with Crippen LogP contribution in [0.3, 0.4) is 0 Å². The van der Waals surface area contributed by atoms with Gasteiger partial charge in [-0.3, -0.25) is 0 Å². The van der Waals surface area contributed by atoms with Gasteiger partial charge in [-0.15, -0.1) is 0 Å². The lowest BCUT2D eigenvalue weighted by atomic mass is 10.2. The first kappa shape index (κ1) is 13.2. The molecule has 1 aliphatic carbocycles. The van der Waals surface area contributed by atoms with Crippen LogP contribution in [0.2, 0.25) is 0 Å². The van der Waals surface area contributed by atoms with Crippen LogP contribution in [0.4, 0.5) is 0 Å². The van der Waals surface area contributed by atoms with Gasteiger partial charge < -0.3 is 14.5 Å². The zero-order chi connectivity index (χ0) is 13.8. The second-order valence-electron chi connectivity index (χ2n) is 5.18. The number of nitrogens with zero attached hydrogens (tertiary/aromatic N) is 1. The summed E-state index contributed by atoms with van der Waals surface area (Å²) in [5.41, 5.74) is 1.91. The summed E-state index contributed by atoms with van der Waals surface area (Å²) in [7, 11) is 0. The molecular formula is C16H20N2O2. The summed E-state index contributed by atoms with van der Waals surface area (Å²) >= 11 is 0. The highest BCUT2D eigenvalue weighted by Gasteiger charge is 2.20. The van der Waals surface area contributed by atoms with Crippen molar-refractivity contribution < 1.29 is 9.15 Å². The first-order valence-electron chi connectivity index (χ1n) is 7.26. The van der Waals surface area contributed by atoms with Gasteiger partial charge in [-0.25, -0.2) is 4.98 Å². The van der Waals surface area contributed by atoms with Crippen molar-refractivity contribution in [2.45, 2.75) is 38.8 Å². The molecule has 1 aromatic carbocycles. The quantitative estimate of drug-likeness (QED) is 0.839. The third kappa shape index (κ3) is 3.39. The van der Waals surface area contributed by atoms with Crippen molar-refractivity contribution in [1.29, 1.82) is 0 Å². The molecule has 0 radical (unpaired) electrons. The monoisotopic (exact) mass is 272 g/mol. The molecule has 1 aliphatic rings. The van der Waals surface area contributed by atoms with Crippen LogP contribution < -0.4 is 10.1 Å². The van der Waals surface area contributed by atoms with Gasteiger partial charge in [-0.2, -0.15) is 0 Å². The van der Waals surface area contributed by atoms with E-state index in [0.29, 0.717) is 11.9 Å². The number of ether oxygens (including phenoxy) is 1. The molecule has 3 rings (SSSR count). The molecule has 0 spiro atoms. The summed E-state index contributed by atoms with van der Waals surface area (Å²) < 4.78 is 11.2. The van der Waals surface area contributed by atoms with E-state index in [1.54, 1.807) is 6.26 Å². The number of rotatable bonds is 7. The zero-order valence-corrected chi connectivity index (χ0v) is 11.8. The molecule has 0 atom stereocenters. The van der Waals surface area contributed by atoms with Crippen molar-refractivity contribution in [3.8, 4) is 17.2 Å². The minimum Gasteiger partial charge on any atom is -0.494 e. The Morgan fingerprint density at radius 1 is 1.40 bits per heavy atom. The van der Waals surface area contributed by atoms with Crippen molar-refractivity contribution in [2.75, 3.05) is 6.61 Å². The summed E-state index contributed by atoms with van der Waals surface area (Å²) in [6.07, 6.45) is 5.29. The Morgan fingerprint density at radius 2 is 2.30 bits per heavy atom. The third-order valence-electron chi connectivity index (χ3n) is 3.25. The van der Waals surface area contributed by atoms with Gasteiger partial charge >= 0.3 is 0 Å². The summed E-state index contributed by atoms with van der Waals surface area (Å²) in [5.74, 6) is 1.51. The predicted molar refractivity (Wildman–Crippen MR) is 77.6 cm³/mol. The van der Waals surface area contributed by atoms with Crippen LogP contribution in [0.5, 0.6) is 5.75 Å². The van der Waals surface area contributed by atoms with E-state index >= 15 is 0 Å². The van der Waals surface area contributed by atoms with Gasteiger partial charge in [-0.05, 0) is 37.5 Å². The van der Waals surface area contributed by atoms with Gasteiger partial charge in [0.25, 0.3) is 0 Å². The fourth-order valence-electron chi connectivity index (χ4n) is 2.00. The zero-order valence-electron chi connectivity index (χ0n) is 11.8. The Labute approximate surface area is 119 Å². The largest absolute Gasteiger partial charge is 0.494 e. The van der Waals surface area contributed by atoms with Crippen LogP contribution in [0, 0.1) is 0 Å². The summed E-state index contributed by atoms with van der Waals surface area (Å²) in [6, 6.07) is 8.56. The molecule has 2 aromatic rings. The molecule has 0 unspecified atom stereocenters. The molecule has 0 saturated heterocycles. The molecule has 1 fully saturated rings. The van der Waals surface area contributed by atoms with E-state index in [9.17, 15) is 0 Å². The molecule has 0 amide bonds. The lowest BCUT2D eigenvalue weighted by Gasteiger charge is -2.04. The van der Waals surface area contributed by atoms with E-state index in [-0.39, 0.29) is 0 Å². The maximum atomic E-state index is 5.63. The molecule has 20 heavy (non-hydrogen) atoms. The number of hydrogen-bond acceptors (Lipinski definition) is 4. The van der Waals surface area contributed by atoms with E-state index in [0.717, 1.165) is 36.6 Å². The molecule has 1 saturated carbocycles. The SMILES string of the molecule is CCCOc1cccc(-c2nc(CNC3CC3)co2)c1. The highest BCUT2D eigenvalue weighted by atomic mass is 16.5. The van der Waals surface area contributed by atoms with Crippen LogP contribution in [-0.4, -0.2) is 17.6 Å². The van der Waals surface area contributed by atoms with Gasteiger partial charge in [0, 0.05) is 18.2 Å². The smallest absolute Gasteiger partial charge is 0.226 e. The second kappa shape index (κ2) is 6.09. The Balaban J connectivity index is 1.67. The molecular weight excluding hydrogens is 252 g/mol. The number of nitrogens with one attached hydrogen (secondary N) is 1. The maximum Gasteiger partial charge on any atom is 0.226 e. The summed E-state index contributed by atoms with van der Waals surface area (Å²) in [4.78, 5) is 4.52. The maximum absolute atomic E-state index is 5.63. The van der Waals surface area contributed by atoms with Crippen LogP contribution >= 0.6 is 0 Å². The third-order valence-corrected chi connectivity index (χ3v) is 3.25. The van der Waals surface area contributed by atoms with Gasteiger partial charge in [-0.1, -0.05) is 13.0 Å². The molecule has 1 N–H and O–H groups in total. The summed E-state index contributed by atoms with van der Waals surface area (Å²) in [5, 5.41) is 3.43. The standard InChI is InChI=1S/C16H20N2O2/c1-2-8-19-15-5-3-4-12(9-15)16-18-14(11-20-16)10-17-13-6-7-13/h3-5,9,11,13,17H,2,6-8,10H2,1H3. The van der Waals surface area contributed by atoms with Crippen molar-refractivity contribution >= 4 is 0 Å². The van der Waals surface area contributed by atoms with E-state index in [2.05, 4.69) is 17.2 Å². The minimum absolute atomic E-state index is 0.652. The second-order valence-corrected chi connectivity index (χ2v) is 5.18. The number of aromatic nitrogens is 1. The average molecular weight is 272 g/mol. The molecule has 1 heterocycles. The molecule has 4 heteroatoms. The van der Waals surface area contributed by atoms with E-state index in [4.69, 9.17) is 9.15 Å². The van der Waals surface area contributed by atoms with E-state index in [1.807, 2.05) is 24.3 Å². The molecule has 0 aliphatic heterocycles. The van der Waals surface area contributed by atoms with Gasteiger partial charge in [0.1, 0.15) is 12.0 Å². The first-order valence-corrected chi connectivity index (χ1v) is 7.26. The van der Waals surface area contributed by atoms with Gasteiger partial charge in [0.15, 0.2) is 0 Å².